The van der Waals surface area contributed by atoms with Crippen LogP contribution in [0.3, 0.4) is 0 Å². The number of benzene rings is 6. The fourth-order valence-electron chi connectivity index (χ4n) is 5.08. The van der Waals surface area contributed by atoms with Crippen molar-refractivity contribution in [3.8, 4) is 33.4 Å². The summed E-state index contributed by atoms with van der Waals surface area (Å²) in [6.45, 7) is 0. The van der Waals surface area contributed by atoms with Gasteiger partial charge in [0.15, 0.2) is 11.6 Å². The zero-order valence-electron chi connectivity index (χ0n) is 22.4. The van der Waals surface area contributed by atoms with Crippen molar-refractivity contribution in [3.05, 3.63) is 179 Å². The van der Waals surface area contributed by atoms with Crippen LogP contribution in [-0.2, 0) is 0 Å². The first kappa shape index (κ1) is 26.7. The minimum absolute atomic E-state index is 0.198. The first-order valence-electron chi connectivity index (χ1n) is 13.5. The largest absolute Gasteiger partial charge is 0.289 e. The molecule has 2 nitrogen and oxygen atoms in total. The Morgan fingerprint density at radius 3 is 1.33 bits per heavy atom. The van der Waals surface area contributed by atoms with Crippen LogP contribution >= 0.6 is 0 Å². The van der Waals surface area contributed by atoms with E-state index in [1.807, 2.05) is 78.9 Å². The second-order valence-corrected chi connectivity index (χ2v) is 9.92. The topological polar surface area (TPSA) is 34.1 Å². The number of rotatable bonds is 7. The van der Waals surface area contributed by atoms with Gasteiger partial charge in [-0.3, -0.25) is 9.59 Å². The zero-order valence-corrected chi connectivity index (χ0v) is 22.4. The number of hydrogen-bond donors (Lipinski definition) is 0. The molecule has 6 aromatic rings. The standard InChI is InChI=1S/C38H24F2O2/c39-31-19-14-28(15-20-31)37(41)27-12-10-26(11-13-27)34-23-18-30(38(42)29-16-21-32(40)22-17-29)24-36(34)35-9-5-4-8-33(35)25-6-2-1-3-7-25/h1-24H. The number of carbonyl (C=O) groups excluding carboxylic acids is 2. The molecule has 0 aliphatic carbocycles. The van der Waals surface area contributed by atoms with Crippen molar-refractivity contribution in [1.82, 2.24) is 0 Å². The number of carbonyl (C=O) groups is 2. The molecule has 0 aromatic heterocycles. The van der Waals surface area contributed by atoms with E-state index < -0.39 is 11.6 Å². The van der Waals surface area contributed by atoms with Crippen LogP contribution in [0.15, 0.2) is 146 Å². The smallest absolute Gasteiger partial charge is 0.193 e. The molecule has 42 heavy (non-hydrogen) atoms. The van der Waals surface area contributed by atoms with E-state index in [2.05, 4.69) is 0 Å². The van der Waals surface area contributed by atoms with Crippen molar-refractivity contribution in [2.24, 2.45) is 0 Å². The van der Waals surface area contributed by atoms with Crippen LogP contribution in [0.5, 0.6) is 0 Å². The van der Waals surface area contributed by atoms with Gasteiger partial charge in [-0.1, -0.05) is 91.0 Å². The maximum Gasteiger partial charge on any atom is 0.193 e. The van der Waals surface area contributed by atoms with Crippen LogP contribution in [0.25, 0.3) is 33.4 Å². The molecule has 0 spiro atoms. The summed E-state index contributed by atoms with van der Waals surface area (Å²) in [7, 11) is 0. The molecule has 6 aromatic carbocycles. The Morgan fingerprint density at radius 1 is 0.357 bits per heavy atom. The van der Waals surface area contributed by atoms with Crippen molar-refractivity contribution in [1.29, 1.82) is 0 Å². The lowest BCUT2D eigenvalue weighted by molar-refractivity contribution is 0.103. The Bertz CT molecular complexity index is 1890. The van der Waals surface area contributed by atoms with Gasteiger partial charge in [-0.05, 0) is 88.0 Å². The van der Waals surface area contributed by atoms with Crippen LogP contribution in [0.2, 0.25) is 0 Å². The Labute approximate surface area is 242 Å². The second-order valence-electron chi connectivity index (χ2n) is 9.92. The molecular formula is C38H24F2O2. The molecule has 0 bridgehead atoms. The van der Waals surface area contributed by atoms with E-state index in [-0.39, 0.29) is 11.6 Å². The summed E-state index contributed by atoms with van der Waals surface area (Å²) in [5.41, 5.74) is 7.35. The molecule has 6 rings (SSSR count). The molecule has 0 saturated heterocycles. The average Bonchev–Trinajstić information content (AvgIpc) is 3.05. The summed E-state index contributed by atoms with van der Waals surface area (Å²) < 4.78 is 26.9. The van der Waals surface area contributed by atoms with E-state index in [1.54, 1.807) is 18.2 Å². The van der Waals surface area contributed by atoms with E-state index >= 15 is 0 Å². The summed E-state index contributed by atoms with van der Waals surface area (Å²) >= 11 is 0. The van der Waals surface area contributed by atoms with Crippen LogP contribution in [-0.4, -0.2) is 11.6 Å². The molecule has 0 aliphatic rings. The summed E-state index contributed by atoms with van der Waals surface area (Å²) in [6.07, 6.45) is 0. The molecule has 4 heteroatoms. The predicted octanol–water partition coefficient (Wildman–Crippen LogP) is 9.43. The lowest BCUT2D eigenvalue weighted by Crippen LogP contribution is -2.03. The van der Waals surface area contributed by atoms with Gasteiger partial charge in [0.1, 0.15) is 11.6 Å². The van der Waals surface area contributed by atoms with Crippen molar-refractivity contribution in [3.63, 3.8) is 0 Å². The summed E-state index contributed by atoms with van der Waals surface area (Å²) in [6, 6.07) is 41.9. The summed E-state index contributed by atoms with van der Waals surface area (Å²) in [5, 5.41) is 0. The third kappa shape index (κ3) is 5.43. The highest BCUT2D eigenvalue weighted by molar-refractivity contribution is 6.11. The van der Waals surface area contributed by atoms with Crippen molar-refractivity contribution in [2.75, 3.05) is 0 Å². The fourth-order valence-corrected chi connectivity index (χ4v) is 5.08. The molecule has 202 valence electrons. The summed E-state index contributed by atoms with van der Waals surface area (Å²) in [4.78, 5) is 26.4. The van der Waals surface area contributed by atoms with E-state index in [4.69, 9.17) is 0 Å². The van der Waals surface area contributed by atoms with E-state index in [0.717, 1.165) is 33.4 Å². The molecule has 0 saturated carbocycles. The van der Waals surface area contributed by atoms with Gasteiger partial charge in [-0.15, -0.1) is 0 Å². The molecule has 0 aliphatic heterocycles. The lowest BCUT2D eigenvalue weighted by atomic mass is 9.87. The lowest BCUT2D eigenvalue weighted by Gasteiger charge is -2.16. The van der Waals surface area contributed by atoms with E-state index in [0.29, 0.717) is 22.3 Å². The number of hydrogen-bond acceptors (Lipinski definition) is 2. The molecule has 0 heterocycles. The van der Waals surface area contributed by atoms with Crippen LogP contribution in [0.1, 0.15) is 31.8 Å². The first-order chi connectivity index (χ1) is 20.5. The van der Waals surface area contributed by atoms with Crippen molar-refractivity contribution in [2.45, 2.75) is 0 Å². The predicted molar refractivity (Wildman–Crippen MR) is 162 cm³/mol. The highest BCUT2D eigenvalue weighted by atomic mass is 19.1. The molecular weight excluding hydrogens is 526 g/mol. The summed E-state index contributed by atoms with van der Waals surface area (Å²) in [5.74, 6) is -1.20. The zero-order chi connectivity index (χ0) is 29.1. The fraction of sp³-hybridized carbons (Fsp3) is 0. The van der Waals surface area contributed by atoms with Gasteiger partial charge < -0.3 is 0 Å². The third-order valence-electron chi connectivity index (χ3n) is 7.25. The van der Waals surface area contributed by atoms with Gasteiger partial charge in [0, 0.05) is 22.3 Å². The second kappa shape index (κ2) is 11.6. The molecule has 0 atom stereocenters. The van der Waals surface area contributed by atoms with Gasteiger partial charge >= 0.3 is 0 Å². The normalized spacial score (nSPS) is 10.8. The number of ketones is 2. The average molecular weight is 551 g/mol. The van der Waals surface area contributed by atoms with Crippen LogP contribution in [0.4, 0.5) is 8.78 Å². The molecule has 0 unspecified atom stereocenters. The quantitative estimate of drug-likeness (QED) is 0.186. The van der Waals surface area contributed by atoms with Gasteiger partial charge in [0.05, 0.1) is 0 Å². The van der Waals surface area contributed by atoms with Gasteiger partial charge in [0.25, 0.3) is 0 Å². The maximum absolute atomic E-state index is 13.5. The highest BCUT2D eigenvalue weighted by Crippen LogP contribution is 2.39. The molecule has 0 radical (unpaired) electrons. The Kier molecular flexibility index (Phi) is 7.35. The Morgan fingerprint density at radius 2 is 0.762 bits per heavy atom. The first-order valence-corrected chi connectivity index (χ1v) is 13.5. The van der Waals surface area contributed by atoms with Crippen molar-refractivity contribution < 1.29 is 18.4 Å². The molecule has 0 fully saturated rings. The van der Waals surface area contributed by atoms with Crippen molar-refractivity contribution >= 4 is 11.6 Å². The van der Waals surface area contributed by atoms with E-state index in [9.17, 15) is 18.4 Å². The third-order valence-corrected chi connectivity index (χ3v) is 7.25. The highest BCUT2D eigenvalue weighted by Gasteiger charge is 2.18. The Hall–Kier alpha value is -5.48. The monoisotopic (exact) mass is 550 g/mol. The molecule has 0 N–H and O–H groups in total. The number of halogens is 2. The van der Waals surface area contributed by atoms with Gasteiger partial charge in [-0.25, -0.2) is 8.78 Å². The van der Waals surface area contributed by atoms with Crippen LogP contribution in [0, 0.1) is 11.6 Å². The van der Waals surface area contributed by atoms with E-state index in [1.165, 1.54) is 48.5 Å². The van der Waals surface area contributed by atoms with Crippen LogP contribution < -0.4 is 0 Å². The van der Waals surface area contributed by atoms with Gasteiger partial charge in [0.2, 0.25) is 0 Å². The minimum Gasteiger partial charge on any atom is -0.289 e. The Balaban J connectivity index is 1.46. The van der Waals surface area contributed by atoms with Gasteiger partial charge in [-0.2, -0.15) is 0 Å². The SMILES string of the molecule is O=C(c1ccc(F)cc1)c1ccc(-c2ccc(C(=O)c3ccc(F)cc3)cc2-c2ccccc2-c2ccccc2)cc1. The minimum atomic E-state index is -0.402. The molecule has 0 amide bonds. The maximum atomic E-state index is 13.5.